The molecule has 1 heteroatoms. The first-order valence-electron chi connectivity index (χ1n) is 7.69. The molecule has 1 aliphatic carbocycles. The number of anilines is 1. The maximum absolute atomic E-state index is 3.68. The Morgan fingerprint density at radius 3 is 2.10 bits per heavy atom. The van der Waals surface area contributed by atoms with Crippen molar-refractivity contribution in [2.75, 3.05) is 5.32 Å². The lowest BCUT2D eigenvalue weighted by Crippen LogP contribution is -2.25. The van der Waals surface area contributed by atoms with E-state index in [0.29, 0.717) is 6.04 Å². The molecule has 0 unspecified atom stereocenters. The third-order valence-electron chi connectivity index (χ3n) is 4.42. The molecule has 0 spiro atoms. The van der Waals surface area contributed by atoms with Gasteiger partial charge in [-0.1, -0.05) is 48.0 Å². The lowest BCUT2D eigenvalue weighted by Gasteiger charge is -2.30. The van der Waals surface area contributed by atoms with Crippen LogP contribution in [0.3, 0.4) is 0 Å². The zero-order valence-corrected chi connectivity index (χ0v) is 12.2. The summed E-state index contributed by atoms with van der Waals surface area (Å²) in [6.07, 6.45) is 5.14. The summed E-state index contributed by atoms with van der Waals surface area (Å²) in [5.41, 5.74) is 4.10. The van der Waals surface area contributed by atoms with Crippen LogP contribution in [-0.2, 0) is 0 Å². The summed E-state index contributed by atoms with van der Waals surface area (Å²) >= 11 is 0. The van der Waals surface area contributed by atoms with Gasteiger partial charge in [0.25, 0.3) is 0 Å². The van der Waals surface area contributed by atoms with Crippen molar-refractivity contribution in [2.24, 2.45) is 0 Å². The SMILES string of the molecule is Cc1ccc(NC2CCC(c3ccccc3)CC2)cc1. The van der Waals surface area contributed by atoms with E-state index >= 15 is 0 Å². The lowest BCUT2D eigenvalue weighted by molar-refractivity contribution is 0.412. The molecule has 1 fully saturated rings. The van der Waals surface area contributed by atoms with Crippen LogP contribution in [0.4, 0.5) is 5.69 Å². The monoisotopic (exact) mass is 265 g/mol. The quantitative estimate of drug-likeness (QED) is 0.811. The van der Waals surface area contributed by atoms with Crippen molar-refractivity contribution >= 4 is 5.69 Å². The van der Waals surface area contributed by atoms with Crippen LogP contribution < -0.4 is 5.32 Å². The summed E-state index contributed by atoms with van der Waals surface area (Å²) in [5, 5.41) is 3.68. The Bertz CT molecular complexity index is 521. The predicted octanol–water partition coefficient (Wildman–Crippen LogP) is 5.13. The summed E-state index contributed by atoms with van der Waals surface area (Å²) < 4.78 is 0. The van der Waals surface area contributed by atoms with E-state index in [2.05, 4.69) is 66.8 Å². The van der Waals surface area contributed by atoms with Crippen molar-refractivity contribution in [3.05, 3.63) is 65.7 Å². The summed E-state index contributed by atoms with van der Waals surface area (Å²) in [6, 6.07) is 20.4. The second-order valence-corrected chi connectivity index (χ2v) is 5.97. The summed E-state index contributed by atoms with van der Waals surface area (Å²) in [7, 11) is 0. The van der Waals surface area contributed by atoms with Gasteiger partial charge in [-0.15, -0.1) is 0 Å². The van der Waals surface area contributed by atoms with Gasteiger partial charge >= 0.3 is 0 Å². The van der Waals surface area contributed by atoms with Crippen LogP contribution in [0.1, 0.15) is 42.7 Å². The number of hydrogen-bond acceptors (Lipinski definition) is 1. The first-order chi connectivity index (χ1) is 9.81. The first kappa shape index (κ1) is 13.2. The molecule has 3 rings (SSSR count). The molecule has 0 heterocycles. The number of nitrogens with one attached hydrogen (secondary N) is 1. The minimum atomic E-state index is 0.637. The second kappa shape index (κ2) is 6.13. The number of hydrogen-bond donors (Lipinski definition) is 1. The fourth-order valence-corrected chi connectivity index (χ4v) is 3.18. The van der Waals surface area contributed by atoms with Crippen molar-refractivity contribution in [1.29, 1.82) is 0 Å². The molecule has 1 N–H and O–H groups in total. The van der Waals surface area contributed by atoms with Gasteiger partial charge in [-0.2, -0.15) is 0 Å². The van der Waals surface area contributed by atoms with Gasteiger partial charge in [0.05, 0.1) is 0 Å². The normalized spacial score (nSPS) is 22.4. The van der Waals surface area contributed by atoms with Crippen LogP contribution in [-0.4, -0.2) is 6.04 Å². The summed E-state index contributed by atoms with van der Waals surface area (Å²) in [6.45, 7) is 2.13. The Balaban J connectivity index is 1.55. The van der Waals surface area contributed by atoms with Crippen LogP contribution in [0.15, 0.2) is 54.6 Å². The zero-order chi connectivity index (χ0) is 13.8. The van der Waals surface area contributed by atoms with E-state index < -0.39 is 0 Å². The largest absolute Gasteiger partial charge is 0.382 e. The molecule has 1 saturated carbocycles. The molecule has 0 saturated heterocycles. The van der Waals surface area contributed by atoms with Gasteiger partial charge in [-0.05, 0) is 56.2 Å². The van der Waals surface area contributed by atoms with E-state index in [1.54, 1.807) is 0 Å². The molecular formula is C19H23N. The average Bonchev–Trinajstić information content (AvgIpc) is 2.51. The summed E-state index contributed by atoms with van der Waals surface area (Å²) in [4.78, 5) is 0. The molecule has 0 amide bonds. The van der Waals surface area contributed by atoms with E-state index in [4.69, 9.17) is 0 Å². The Kier molecular flexibility index (Phi) is 4.05. The maximum atomic E-state index is 3.68. The topological polar surface area (TPSA) is 12.0 Å². The average molecular weight is 265 g/mol. The molecule has 1 nitrogen and oxygen atoms in total. The number of aryl methyl sites for hydroxylation is 1. The summed E-state index contributed by atoms with van der Waals surface area (Å²) in [5.74, 6) is 0.757. The van der Waals surface area contributed by atoms with Crippen LogP contribution in [0, 0.1) is 6.92 Å². The minimum Gasteiger partial charge on any atom is -0.382 e. The van der Waals surface area contributed by atoms with Crippen LogP contribution in [0.2, 0.25) is 0 Å². The van der Waals surface area contributed by atoms with Crippen molar-refractivity contribution in [3.63, 3.8) is 0 Å². The number of benzene rings is 2. The zero-order valence-electron chi connectivity index (χ0n) is 12.2. The number of rotatable bonds is 3. The molecule has 20 heavy (non-hydrogen) atoms. The molecule has 0 aromatic heterocycles. The molecule has 0 bridgehead atoms. The third kappa shape index (κ3) is 3.22. The molecular weight excluding hydrogens is 242 g/mol. The Morgan fingerprint density at radius 2 is 1.45 bits per heavy atom. The van der Waals surface area contributed by atoms with E-state index in [1.165, 1.54) is 42.5 Å². The highest BCUT2D eigenvalue weighted by atomic mass is 14.9. The van der Waals surface area contributed by atoms with Crippen LogP contribution >= 0.6 is 0 Å². The lowest BCUT2D eigenvalue weighted by atomic mass is 9.82. The smallest absolute Gasteiger partial charge is 0.0342 e. The molecule has 1 aliphatic rings. The molecule has 0 atom stereocenters. The molecule has 0 radical (unpaired) electrons. The van der Waals surface area contributed by atoms with E-state index in [0.717, 1.165) is 5.92 Å². The van der Waals surface area contributed by atoms with Crippen molar-refractivity contribution < 1.29 is 0 Å². The second-order valence-electron chi connectivity index (χ2n) is 5.97. The Morgan fingerprint density at radius 1 is 0.800 bits per heavy atom. The van der Waals surface area contributed by atoms with Crippen molar-refractivity contribution in [3.8, 4) is 0 Å². The predicted molar refractivity (Wildman–Crippen MR) is 86.2 cm³/mol. The van der Waals surface area contributed by atoms with Gasteiger partial charge in [0.2, 0.25) is 0 Å². The highest BCUT2D eigenvalue weighted by Crippen LogP contribution is 2.33. The van der Waals surface area contributed by atoms with Gasteiger partial charge in [-0.25, -0.2) is 0 Å². The van der Waals surface area contributed by atoms with E-state index in [1.807, 2.05) is 0 Å². The van der Waals surface area contributed by atoms with Crippen LogP contribution in [0.5, 0.6) is 0 Å². The minimum absolute atomic E-state index is 0.637. The highest BCUT2D eigenvalue weighted by molar-refractivity contribution is 5.45. The van der Waals surface area contributed by atoms with Gasteiger partial charge in [0.15, 0.2) is 0 Å². The van der Waals surface area contributed by atoms with Gasteiger partial charge in [-0.3, -0.25) is 0 Å². The highest BCUT2D eigenvalue weighted by Gasteiger charge is 2.21. The van der Waals surface area contributed by atoms with E-state index in [9.17, 15) is 0 Å². The maximum Gasteiger partial charge on any atom is 0.0342 e. The van der Waals surface area contributed by atoms with Crippen LogP contribution in [0.25, 0.3) is 0 Å². The van der Waals surface area contributed by atoms with Crippen molar-refractivity contribution in [1.82, 2.24) is 0 Å². The molecule has 2 aromatic carbocycles. The molecule has 104 valence electrons. The Hall–Kier alpha value is -1.76. The van der Waals surface area contributed by atoms with Gasteiger partial charge < -0.3 is 5.32 Å². The standard InChI is InChI=1S/C19H23N/c1-15-7-11-18(12-8-15)20-19-13-9-17(10-14-19)16-5-3-2-4-6-16/h2-8,11-12,17,19-20H,9-10,13-14H2,1H3. The molecule has 0 aliphatic heterocycles. The van der Waals surface area contributed by atoms with Crippen molar-refractivity contribution in [2.45, 2.75) is 44.6 Å². The fraction of sp³-hybridized carbons (Fsp3) is 0.368. The van der Waals surface area contributed by atoms with Gasteiger partial charge in [0.1, 0.15) is 0 Å². The molecule has 2 aromatic rings. The first-order valence-corrected chi connectivity index (χ1v) is 7.69. The fourth-order valence-electron chi connectivity index (χ4n) is 3.18. The van der Waals surface area contributed by atoms with E-state index in [-0.39, 0.29) is 0 Å². The van der Waals surface area contributed by atoms with Gasteiger partial charge in [0, 0.05) is 11.7 Å². The third-order valence-corrected chi connectivity index (χ3v) is 4.42. The Labute approximate surface area is 122 Å².